The standard InChI is InChI=1S/C19H17NO3S/c1-12-15(20-18(23-12)13-6-3-2-4-7-13)11-22-19(21)17-10-14-8-5-9-16(14)24-17/h2-4,6-7,10H,5,8-9,11H2,1H3. The molecule has 0 bridgehead atoms. The molecule has 3 aromatic rings. The number of benzene rings is 1. The molecule has 2 heterocycles. The highest BCUT2D eigenvalue weighted by molar-refractivity contribution is 7.14. The van der Waals surface area contributed by atoms with Gasteiger partial charge in [0.15, 0.2) is 0 Å². The lowest BCUT2D eigenvalue weighted by atomic mass is 10.2. The molecule has 1 aromatic carbocycles. The maximum atomic E-state index is 12.2. The van der Waals surface area contributed by atoms with E-state index in [0.29, 0.717) is 22.2 Å². The number of nitrogens with zero attached hydrogens (tertiary/aromatic N) is 1. The fourth-order valence-electron chi connectivity index (χ4n) is 2.90. The van der Waals surface area contributed by atoms with E-state index >= 15 is 0 Å². The lowest BCUT2D eigenvalue weighted by Gasteiger charge is -2.01. The zero-order valence-corrected chi connectivity index (χ0v) is 14.2. The molecule has 1 aliphatic carbocycles. The van der Waals surface area contributed by atoms with Crippen LogP contribution < -0.4 is 0 Å². The minimum absolute atomic E-state index is 0.129. The normalized spacial score (nSPS) is 13.0. The molecule has 0 atom stereocenters. The highest BCUT2D eigenvalue weighted by Crippen LogP contribution is 2.31. The predicted molar refractivity (Wildman–Crippen MR) is 92.1 cm³/mol. The fourth-order valence-corrected chi connectivity index (χ4v) is 4.05. The molecule has 24 heavy (non-hydrogen) atoms. The Bertz CT molecular complexity index is 858. The third-order valence-electron chi connectivity index (χ3n) is 4.20. The van der Waals surface area contributed by atoms with E-state index in [1.54, 1.807) is 11.3 Å². The van der Waals surface area contributed by atoms with Crippen LogP contribution in [0.1, 0.15) is 38.0 Å². The maximum Gasteiger partial charge on any atom is 0.348 e. The summed E-state index contributed by atoms with van der Waals surface area (Å²) in [5, 5.41) is 0. The van der Waals surface area contributed by atoms with Gasteiger partial charge < -0.3 is 9.15 Å². The molecule has 122 valence electrons. The predicted octanol–water partition coefficient (Wildman–Crippen LogP) is 4.56. The topological polar surface area (TPSA) is 52.3 Å². The van der Waals surface area contributed by atoms with Gasteiger partial charge in [0.2, 0.25) is 5.89 Å². The lowest BCUT2D eigenvalue weighted by Crippen LogP contribution is -2.04. The summed E-state index contributed by atoms with van der Waals surface area (Å²) in [6.07, 6.45) is 3.34. The first kappa shape index (κ1) is 15.1. The van der Waals surface area contributed by atoms with E-state index in [1.807, 2.05) is 43.3 Å². The Hall–Kier alpha value is -2.40. The molecule has 1 aliphatic rings. The number of rotatable bonds is 4. The highest BCUT2D eigenvalue weighted by atomic mass is 32.1. The minimum Gasteiger partial charge on any atom is -0.455 e. The van der Waals surface area contributed by atoms with Gasteiger partial charge in [0.1, 0.15) is 22.9 Å². The van der Waals surface area contributed by atoms with Crippen LogP contribution in [0, 0.1) is 6.92 Å². The molecule has 0 saturated carbocycles. The van der Waals surface area contributed by atoms with Gasteiger partial charge in [-0.3, -0.25) is 0 Å². The van der Waals surface area contributed by atoms with Gasteiger partial charge in [-0.2, -0.15) is 0 Å². The molecule has 2 aromatic heterocycles. The Morgan fingerprint density at radius 3 is 2.92 bits per heavy atom. The summed E-state index contributed by atoms with van der Waals surface area (Å²) in [6, 6.07) is 11.7. The lowest BCUT2D eigenvalue weighted by molar-refractivity contribution is 0.0472. The van der Waals surface area contributed by atoms with Crippen molar-refractivity contribution < 1.29 is 13.9 Å². The number of hydrogen-bond donors (Lipinski definition) is 0. The van der Waals surface area contributed by atoms with Crippen molar-refractivity contribution in [2.75, 3.05) is 0 Å². The molecule has 5 heteroatoms. The van der Waals surface area contributed by atoms with Gasteiger partial charge in [0, 0.05) is 10.4 Å². The average molecular weight is 339 g/mol. The number of oxazole rings is 1. The Morgan fingerprint density at radius 2 is 2.12 bits per heavy atom. The smallest absolute Gasteiger partial charge is 0.348 e. The molecule has 4 nitrogen and oxygen atoms in total. The Morgan fingerprint density at radius 1 is 1.29 bits per heavy atom. The Labute approximate surface area is 144 Å². The van der Waals surface area contributed by atoms with Crippen LogP contribution in [0.2, 0.25) is 0 Å². The molecular formula is C19H17NO3S. The molecule has 4 rings (SSSR count). The van der Waals surface area contributed by atoms with Crippen LogP contribution in [0.5, 0.6) is 0 Å². The minimum atomic E-state index is -0.280. The van der Waals surface area contributed by atoms with Crippen LogP contribution in [-0.4, -0.2) is 11.0 Å². The molecule has 0 radical (unpaired) electrons. The second kappa shape index (κ2) is 6.24. The average Bonchev–Trinajstić information content (AvgIpc) is 3.28. The van der Waals surface area contributed by atoms with Crippen molar-refractivity contribution in [3.05, 3.63) is 63.2 Å². The van der Waals surface area contributed by atoms with Crippen molar-refractivity contribution in [2.45, 2.75) is 32.8 Å². The molecule has 0 fully saturated rings. The van der Waals surface area contributed by atoms with Crippen molar-refractivity contribution in [1.82, 2.24) is 4.98 Å². The zero-order valence-electron chi connectivity index (χ0n) is 13.4. The Kier molecular flexibility index (Phi) is 3.94. The summed E-state index contributed by atoms with van der Waals surface area (Å²) in [5.74, 6) is 0.947. The second-order valence-electron chi connectivity index (χ2n) is 5.88. The number of aryl methyl sites for hydroxylation is 3. The molecule has 0 amide bonds. The van der Waals surface area contributed by atoms with Crippen LogP contribution in [0.3, 0.4) is 0 Å². The van der Waals surface area contributed by atoms with Crippen molar-refractivity contribution >= 4 is 17.3 Å². The third kappa shape index (κ3) is 2.87. The van der Waals surface area contributed by atoms with Crippen molar-refractivity contribution in [3.63, 3.8) is 0 Å². The van der Waals surface area contributed by atoms with E-state index in [-0.39, 0.29) is 12.6 Å². The van der Waals surface area contributed by atoms with Gasteiger partial charge in [-0.05, 0) is 49.9 Å². The molecular weight excluding hydrogens is 322 g/mol. The van der Waals surface area contributed by atoms with E-state index in [9.17, 15) is 4.79 Å². The first-order valence-corrected chi connectivity index (χ1v) is 8.83. The number of carbonyl (C=O) groups is 1. The van der Waals surface area contributed by atoms with Crippen LogP contribution in [0.15, 0.2) is 40.8 Å². The summed E-state index contributed by atoms with van der Waals surface area (Å²) in [5.41, 5.74) is 2.87. The van der Waals surface area contributed by atoms with Gasteiger partial charge in [0.05, 0.1) is 0 Å². The fraction of sp³-hybridized carbons (Fsp3) is 0.263. The molecule has 0 aliphatic heterocycles. The van der Waals surface area contributed by atoms with Crippen molar-refractivity contribution in [3.8, 4) is 11.5 Å². The van der Waals surface area contributed by atoms with Crippen LogP contribution in [0.25, 0.3) is 11.5 Å². The van der Waals surface area contributed by atoms with E-state index in [0.717, 1.165) is 18.4 Å². The van der Waals surface area contributed by atoms with Gasteiger partial charge in [-0.25, -0.2) is 9.78 Å². The van der Waals surface area contributed by atoms with Gasteiger partial charge in [0.25, 0.3) is 0 Å². The van der Waals surface area contributed by atoms with Gasteiger partial charge >= 0.3 is 5.97 Å². The SMILES string of the molecule is Cc1oc(-c2ccccc2)nc1COC(=O)c1cc2c(s1)CCC2. The third-order valence-corrected chi connectivity index (χ3v) is 5.42. The van der Waals surface area contributed by atoms with E-state index in [2.05, 4.69) is 4.98 Å². The molecule has 0 saturated heterocycles. The molecule has 0 spiro atoms. The number of ether oxygens (including phenoxy) is 1. The van der Waals surface area contributed by atoms with Crippen molar-refractivity contribution in [2.24, 2.45) is 0 Å². The second-order valence-corrected chi connectivity index (χ2v) is 7.01. The summed E-state index contributed by atoms with van der Waals surface area (Å²) >= 11 is 1.55. The van der Waals surface area contributed by atoms with Crippen LogP contribution >= 0.6 is 11.3 Å². The van der Waals surface area contributed by atoms with Gasteiger partial charge in [-0.15, -0.1) is 11.3 Å². The van der Waals surface area contributed by atoms with E-state index in [4.69, 9.17) is 9.15 Å². The zero-order chi connectivity index (χ0) is 16.5. The molecule has 0 N–H and O–H groups in total. The number of carbonyl (C=O) groups excluding carboxylic acids is 1. The first-order chi connectivity index (χ1) is 11.7. The maximum absolute atomic E-state index is 12.2. The number of aromatic nitrogens is 1. The highest BCUT2D eigenvalue weighted by Gasteiger charge is 2.20. The quantitative estimate of drug-likeness (QED) is 0.654. The van der Waals surface area contributed by atoms with Crippen LogP contribution in [-0.2, 0) is 24.2 Å². The monoisotopic (exact) mass is 339 g/mol. The van der Waals surface area contributed by atoms with Crippen LogP contribution in [0.4, 0.5) is 0 Å². The number of thiophene rings is 1. The first-order valence-electron chi connectivity index (χ1n) is 8.01. The molecule has 0 unspecified atom stereocenters. The number of hydrogen-bond acceptors (Lipinski definition) is 5. The summed E-state index contributed by atoms with van der Waals surface area (Å²) < 4.78 is 11.1. The largest absolute Gasteiger partial charge is 0.455 e. The Balaban J connectivity index is 1.45. The summed E-state index contributed by atoms with van der Waals surface area (Å²) in [7, 11) is 0. The summed E-state index contributed by atoms with van der Waals surface area (Å²) in [6.45, 7) is 1.96. The van der Waals surface area contributed by atoms with E-state index in [1.165, 1.54) is 16.9 Å². The van der Waals surface area contributed by atoms with Gasteiger partial charge in [-0.1, -0.05) is 18.2 Å². The number of esters is 1. The van der Waals surface area contributed by atoms with E-state index < -0.39 is 0 Å². The number of fused-ring (bicyclic) bond motifs is 1. The summed E-state index contributed by atoms with van der Waals surface area (Å²) in [4.78, 5) is 18.7. The van der Waals surface area contributed by atoms with Crippen molar-refractivity contribution in [1.29, 1.82) is 0 Å².